The molecule has 3 aromatic rings. The summed E-state index contributed by atoms with van der Waals surface area (Å²) in [5.74, 6) is -1.96. The normalized spacial score (nSPS) is 16.8. The van der Waals surface area contributed by atoms with E-state index in [-0.39, 0.29) is 17.4 Å². The van der Waals surface area contributed by atoms with E-state index in [1.54, 1.807) is 68.4 Å². The zero-order chi connectivity index (χ0) is 26.9. The highest BCUT2D eigenvalue weighted by molar-refractivity contribution is 6.51. The van der Waals surface area contributed by atoms with E-state index in [9.17, 15) is 19.5 Å². The van der Waals surface area contributed by atoms with Crippen LogP contribution in [0.25, 0.3) is 5.76 Å². The molecule has 0 aliphatic carbocycles. The van der Waals surface area contributed by atoms with Crippen LogP contribution in [-0.2, 0) is 14.3 Å². The van der Waals surface area contributed by atoms with E-state index in [1.807, 2.05) is 26.0 Å². The maximum atomic E-state index is 13.4. The van der Waals surface area contributed by atoms with Gasteiger partial charge in [0.2, 0.25) is 0 Å². The highest BCUT2D eigenvalue weighted by atomic mass is 16.5. The number of benzene rings is 3. The highest BCUT2D eigenvalue weighted by Gasteiger charge is 2.47. The van der Waals surface area contributed by atoms with Gasteiger partial charge >= 0.3 is 5.97 Å². The number of methoxy groups -OCH3 is 1. The number of anilines is 1. The largest absolute Gasteiger partial charge is 0.507 e. The van der Waals surface area contributed by atoms with Gasteiger partial charge in [0.25, 0.3) is 11.7 Å². The zero-order valence-corrected chi connectivity index (χ0v) is 21.4. The molecule has 1 aliphatic rings. The number of carbonyl (C=O) groups excluding carboxylic acids is 3. The average molecular weight is 500 g/mol. The smallest absolute Gasteiger partial charge is 0.338 e. The van der Waals surface area contributed by atoms with E-state index in [2.05, 4.69) is 0 Å². The second kappa shape index (κ2) is 10.3. The van der Waals surface area contributed by atoms with E-state index < -0.39 is 23.7 Å². The third-order valence-corrected chi connectivity index (χ3v) is 6.16. The van der Waals surface area contributed by atoms with Gasteiger partial charge in [-0.2, -0.15) is 0 Å². The number of aliphatic hydroxyl groups is 1. The van der Waals surface area contributed by atoms with Crippen molar-refractivity contribution in [2.24, 2.45) is 0 Å². The number of rotatable bonds is 6. The summed E-state index contributed by atoms with van der Waals surface area (Å²) in [4.78, 5) is 40.5. The van der Waals surface area contributed by atoms with E-state index in [4.69, 9.17) is 9.47 Å². The molecule has 1 fully saturated rings. The van der Waals surface area contributed by atoms with Crippen LogP contribution in [0.3, 0.4) is 0 Å². The van der Waals surface area contributed by atoms with E-state index in [1.165, 1.54) is 12.0 Å². The number of carbonyl (C=O) groups is 3. The van der Waals surface area contributed by atoms with Crippen LogP contribution in [0.15, 0.2) is 72.3 Å². The summed E-state index contributed by atoms with van der Waals surface area (Å²) in [5, 5.41) is 11.5. The van der Waals surface area contributed by atoms with Crippen LogP contribution in [0.5, 0.6) is 5.75 Å². The van der Waals surface area contributed by atoms with Crippen LogP contribution in [0.4, 0.5) is 5.69 Å². The van der Waals surface area contributed by atoms with Gasteiger partial charge in [0.1, 0.15) is 11.5 Å². The standard InChI is InChI=1S/C30H29NO6/c1-17(2)37-30(35)21-11-13-22(14-12-21)31-25(20-9-7-6-8-10-20)24(27(33)29(31)34)26(32)23-16-18(3)15-19(4)28(23)36-5/h6-17,25,32H,1-5H3/b26-24+. The molecule has 0 saturated carbocycles. The molecule has 1 N–H and O–H groups in total. The van der Waals surface area contributed by atoms with Crippen LogP contribution in [0.2, 0.25) is 0 Å². The fraction of sp³-hybridized carbons (Fsp3) is 0.233. The minimum atomic E-state index is -0.889. The summed E-state index contributed by atoms with van der Waals surface area (Å²) in [6.45, 7) is 7.25. The molecule has 3 aromatic carbocycles. The van der Waals surface area contributed by atoms with Gasteiger partial charge in [-0.05, 0) is 74.7 Å². The first-order valence-corrected chi connectivity index (χ1v) is 12.0. The molecule has 1 atom stereocenters. The van der Waals surface area contributed by atoms with Crippen LogP contribution in [0.1, 0.15) is 52.5 Å². The topological polar surface area (TPSA) is 93.1 Å². The molecule has 0 bridgehead atoms. The first kappa shape index (κ1) is 25.7. The lowest BCUT2D eigenvalue weighted by molar-refractivity contribution is -0.132. The molecule has 1 amide bonds. The summed E-state index contributed by atoms with van der Waals surface area (Å²) < 4.78 is 10.8. The molecule has 37 heavy (non-hydrogen) atoms. The SMILES string of the molecule is COc1c(C)cc(C)cc1/C(O)=C1\C(=O)C(=O)N(c2ccc(C(=O)OC(C)C)cc2)C1c1ccccc1. The predicted octanol–water partition coefficient (Wildman–Crippen LogP) is 5.50. The van der Waals surface area contributed by atoms with Gasteiger partial charge in [0.15, 0.2) is 0 Å². The Labute approximate surface area is 215 Å². The maximum Gasteiger partial charge on any atom is 0.338 e. The van der Waals surface area contributed by atoms with Gasteiger partial charge in [-0.25, -0.2) is 4.79 Å². The molecule has 0 aromatic heterocycles. The van der Waals surface area contributed by atoms with Gasteiger partial charge in [-0.15, -0.1) is 0 Å². The number of esters is 1. The van der Waals surface area contributed by atoms with Crippen molar-refractivity contribution in [3.63, 3.8) is 0 Å². The molecule has 1 heterocycles. The first-order chi connectivity index (χ1) is 17.6. The van der Waals surface area contributed by atoms with Crippen molar-refractivity contribution in [2.45, 2.75) is 39.8 Å². The van der Waals surface area contributed by atoms with Gasteiger partial charge in [-0.3, -0.25) is 14.5 Å². The minimum absolute atomic E-state index is 0.0391. The van der Waals surface area contributed by atoms with E-state index in [0.29, 0.717) is 28.1 Å². The number of amides is 1. The molecule has 0 radical (unpaired) electrons. The Morgan fingerprint density at radius 1 is 0.973 bits per heavy atom. The minimum Gasteiger partial charge on any atom is -0.507 e. The Balaban J connectivity index is 1.88. The quantitative estimate of drug-likeness (QED) is 0.208. The number of hydrogen-bond acceptors (Lipinski definition) is 6. The molecule has 4 rings (SSSR count). The molecule has 1 saturated heterocycles. The van der Waals surface area contributed by atoms with Crippen molar-refractivity contribution in [3.05, 3.63) is 100 Å². The molecule has 7 heteroatoms. The molecule has 0 spiro atoms. The molecule has 7 nitrogen and oxygen atoms in total. The fourth-order valence-corrected chi connectivity index (χ4v) is 4.64. The summed E-state index contributed by atoms with van der Waals surface area (Å²) >= 11 is 0. The summed E-state index contributed by atoms with van der Waals surface area (Å²) in [5.41, 5.74) is 3.34. The Hall–Kier alpha value is -4.39. The van der Waals surface area contributed by atoms with E-state index in [0.717, 1.165) is 11.1 Å². The van der Waals surface area contributed by atoms with Crippen molar-refractivity contribution < 1.29 is 29.0 Å². The van der Waals surface area contributed by atoms with Gasteiger partial charge in [-0.1, -0.05) is 36.4 Å². The lowest BCUT2D eigenvalue weighted by Crippen LogP contribution is -2.29. The molecule has 1 aliphatic heterocycles. The molecular weight excluding hydrogens is 470 g/mol. The number of ether oxygens (including phenoxy) is 2. The van der Waals surface area contributed by atoms with Crippen LogP contribution < -0.4 is 9.64 Å². The van der Waals surface area contributed by atoms with Crippen LogP contribution >= 0.6 is 0 Å². The van der Waals surface area contributed by atoms with Crippen molar-refractivity contribution in [1.82, 2.24) is 0 Å². The Morgan fingerprint density at radius 2 is 1.62 bits per heavy atom. The predicted molar refractivity (Wildman–Crippen MR) is 141 cm³/mol. The summed E-state index contributed by atoms with van der Waals surface area (Å²) in [6, 6.07) is 18.1. The summed E-state index contributed by atoms with van der Waals surface area (Å²) in [7, 11) is 1.49. The van der Waals surface area contributed by atoms with Crippen LogP contribution in [-0.4, -0.2) is 36.0 Å². The summed E-state index contributed by atoms with van der Waals surface area (Å²) in [6.07, 6.45) is -0.273. The molecule has 190 valence electrons. The second-order valence-electron chi connectivity index (χ2n) is 9.24. The van der Waals surface area contributed by atoms with Crippen LogP contribution in [0, 0.1) is 13.8 Å². The van der Waals surface area contributed by atoms with Gasteiger partial charge < -0.3 is 14.6 Å². The average Bonchev–Trinajstić information content (AvgIpc) is 3.13. The van der Waals surface area contributed by atoms with Crippen molar-refractivity contribution in [2.75, 3.05) is 12.0 Å². The number of aliphatic hydroxyl groups excluding tert-OH is 1. The number of ketones is 1. The number of hydrogen-bond donors (Lipinski definition) is 1. The van der Waals surface area contributed by atoms with Gasteiger partial charge in [0.05, 0.1) is 36.0 Å². The number of Topliss-reactive ketones (excluding diaryl/α,β-unsaturated/α-hetero) is 1. The van der Waals surface area contributed by atoms with Crippen molar-refractivity contribution in [1.29, 1.82) is 0 Å². The van der Waals surface area contributed by atoms with Gasteiger partial charge in [0, 0.05) is 5.69 Å². The Bertz CT molecular complexity index is 1390. The third-order valence-electron chi connectivity index (χ3n) is 6.16. The van der Waals surface area contributed by atoms with Crippen molar-refractivity contribution >= 4 is 29.1 Å². The third kappa shape index (κ3) is 4.85. The monoisotopic (exact) mass is 499 g/mol. The van der Waals surface area contributed by atoms with E-state index >= 15 is 0 Å². The van der Waals surface area contributed by atoms with Crippen molar-refractivity contribution in [3.8, 4) is 5.75 Å². The fourth-order valence-electron chi connectivity index (χ4n) is 4.64. The number of nitrogens with zero attached hydrogens (tertiary/aromatic N) is 1. The maximum absolute atomic E-state index is 13.4. The number of aryl methyl sites for hydroxylation is 2. The zero-order valence-electron chi connectivity index (χ0n) is 21.4. The lowest BCUT2D eigenvalue weighted by atomic mass is 9.93. The Morgan fingerprint density at radius 3 is 2.22 bits per heavy atom. The molecule has 1 unspecified atom stereocenters. The second-order valence-corrected chi connectivity index (χ2v) is 9.24. The molecular formula is C30H29NO6. The lowest BCUT2D eigenvalue weighted by Gasteiger charge is -2.26. The highest BCUT2D eigenvalue weighted by Crippen LogP contribution is 2.43. The first-order valence-electron chi connectivity index (χ1n) is 12.0. The Kier molecular flexibility index (Phi) is 7.16.